The molecule has 1 fully saturated rings. The summed E-state index contributed by atoms with van der Waals surface area (Å²) in [6, 6.07) is 0. The lowest BCUT2D eigenvalue weighted by molar-refractivity contribution is -0.157. The van der Waals surface area contributed by atoms with Crippen LogP contribution in [0.2, 0.25) is 0 Å². The monoisotopic (exact) mass is 236 g/mol. The van der Waals surface area contributed by atoms with Crippen LogP contribution in [-0.2, 0) is 19.1 Å². The highest BCUT2D eigenvalue weighted by Gasteiger charge is 2.39. The van der Waals surface area contributed by atoms with Gasteiger partial charge in [-0.05, 0) is 0 Å². The summed E-state index contributed by atoms with van der Waals surface area (Å²) in [5, 5.41) is 0. The average molecular weight is 236 g/mol. The molecule has 1 heterocycles. The van der Waals surface area contributed by atoms with Gasteiger partial charge in [0.15, 0.2) is 5.92 Å². The van der Waals surface area contributed by atoms with Gasteiger partial charge in [0.1, 0.15) is 0 Å². The van der Waals surface area contributed by atoms with Crippen LogP contribution in [0, 0.1) is 5.92 Å². The number of hydrogen-bond acceptors (Lipinski definition) is 6. The van der Waals surface area contributed by atoms with Gasteiger partial charge in [0.05, 0.1) is 18.8 Å². The third kappa shape index (κ3) is 2.57. The minimum absolute atomic E-state index is 0.0603. The number of ether oxygens (including phenoxy) is 2. The summed E-state index contributed by atoms with van der Waals surface area (Å²) in [7, 11) is 2.56. The molecule has 0 N–H and O–H groups in total. The molecule has 6 heteroatoms. The minimum atomic E-state index is -0.789. The summed E-state index contributed by atoms with van der Waals surface area (Å²) < 4.78 is 9.10. The minimum Gasteiger partial charge on any atom is -0.468 e. The second-order valence-electron chi connectivity index (χ2n) is 2.63. The average Bonchev–Trinajstić information content (AvgIpc) is 2.70. The maximum atomic E-state index is 11.3. The summed E-state index contributed by atoms with van der Waals surface area (Å²) in [4.78, 5) is 22.7. The largest absolute Gasteiger partial charge is 0.468 e. The van der Waals surface area contributed by atoms with Gasteiger partial charge in [0, 0.05) is 11.5 Å². The lowest BCUT2D eigenvalue weighted by Gasteiger charge is -2.16. The molecule has 0 radical (unpaired) electrons. The molecule has 14 heavy (non-hydrogen) atoms. The van der Waals surface area contributed by atoms with E-state index in [9.17, 15) is 9.59 Å². The Labute approximate surface area is 91.1 Å². The molecule has 0 unspecified atom stereocenters. The van der Waals surface area contributed by atoms with Crippen molar-refractivity contribution in [3.63, 3.8) is 0 Å². The van der Waals surface area contributed by atoms with Gasteiger partial charge in [-0.3, -0.25) is 9.59 Å². The lowest BCUT2D eigenvalue weighted by Crippen LogP contribution is -2.32. The van der Waals surface area contributed by atoms with Gasteiger partial charge < -0.3 is 9.47 Å². The van der Waals surface area contributed by atoms with Crippen molar-refractivity contribution in [2.45, 2.75) is 4.58 Å². The van der Waals surface area contributed by atoms with E-state index in [-0.39, 0.29) is 4.58 Å². The highest BCUT2D eigenvalue weighted by atomic mass is 32.2. The Morgan fingerprint density at radius 2 is 1.57 bits per heavy atom. The molecule has 1 saturated heterocycles. The normalized spacial score (nSPS) is 17.1. The summed E-state index contributed by atoms with van der Waals surface area (Å²) in [6.07, 6.45) is 0. The first-order chi connectivity index (χ1) is 6.70. The van der Waals surface area contributed by atoms with Crippen LogP contribution in [0.25, 0.3) is 0 Å². The fourth-order valence-electron chi connectivity index (χ4n) is 1.14. The quantitative estimate of drug-likeness (QED) is 0.532. The van der Waals surface area contributed by atoms with Crippen LogP contribution in [0.4, 0.5) is 0 Å². The van der Waals surface area contributed by atoms with Gasteiger partial charge >= 0.3 is 11.9 Å². The second-order valence-corrected chi connectivity index (χ2v) is 5.43. The zero-order valence-corrected chi connectivity index (χ0v) is 9.65. The van der Waals surface area contributed by atoms with E-state index < -0.39 is 17.9 Å². The molecule has 1 aliphatic rings. The molecule has 0 bridgehead atoms. The molecule has 0 saturated carbocycles. The van der Waals surface area contributed by atoms with Crippen LogP contribution in [0.15, 0.2) is 0 Å². The maximum absolute atomic E-state index is 11.3. The Balaban J connectivity index is 2.69. The molecule has 4 nitrogen and oxygen atoms in total. The second kappa shape index (κ2) is 5.50. The third-order valence-electron chi connectivity index (χ3n) is 1.83. The molecule has 1 rings (SSSR count). The Hall–Kier alpha value is -0.360. The fourth-order valence-corrected chi connectivity index (χ4v) is 4.17. The molecule has 1 aliphatic heterocycles. The van der Waals surface area contributed by atoms with E-state index in [0.717, 1.165) is 11.5 Å². The number of rotatable bonds is 3. The van der Waals surface area contributed by atoms with Gasteiger partial charge in [-0.1, -0.05) is 0 Å². The lowest BCUT2D eigenvalue weighted by atomic mass is 10.2. The Bertz CT molecular complexity index is 209. The summed E-state index contributed by atoms with van der Waals surface area (Å²) >= 11 is 3.20. The highest BCUT2D eigenvalue weighted by molar-refractivity contribution is 8.20. The molecule has 0 amide bonds. The maximum Gasteiger partial charge on any atom is 0.322 e. The Morgan fingerprint density at radius 3 is 1.93 bits per heavy atom. The zero-order valence-electron chi connectivity index (χ0n) is 8.02. The number of methoxy groups -OCH3 is 2. The summed E-state index contributed by atoms with van der Waals surface area (Å²) in [5.41, 5.74) is 0. The van der Waals surface area contributed by atoms with Gasteiger partial charge in [0.2, 0.25) is 0 Å². The van der Waals surface area contributed by atoms with Crippen molar-refractivity contribution < 1.29 is 19.1 Å². The topological polar surface area (TPSA) is 52.6 Å². The first kappa shape index (κ1) is 11.7. The van der Waals surface area contributed by atoms with E-state index >= 15 is 0 Å². The number of thioether (sulfide) groups is 2. The highest BCUT2D eigenvalue weighted by Crippen LogP contribution is 2.38. The summed E-state index contributed by atoms with van der Waals surface area (Å²) in [6.45, 7) is 0. The third-order valence-corrected chi connectivity index (χ3v) is 4.99. The van der Waals surface area contributed by atoms with Crippen molar-refractivity contribution in [1.29, 1.82) is 0 Å². The SMILES string of the molecule is COC(=O)C(C(=O)OC)C1SCCS1. The molecule has 0 atom stereocenters. The predicted octanol–water partition coefficient (Wildman–Crippen LogP) is 0.755. The van der Waals surface area contributed by atoms with Gasteiger partial charge in [0.25, 0.3) is 0 Å². The number of carbonyl (C=O) groups excluding carboxylic acids is 2. The molecule has 80 valence electrons. The van der Waals surface area contributed by atoms with Crippen molar-refractivity contribution in [2.24, 2.45) is 5.92 Å². The molecule has 0 spiro atoms. The molecule has 0 aliphatic carbocycles. The Morgan fingerprint density at radius 1 is 1.14 bits per heavy atom. The number of esters is 2. The summed E-state index contributed by atoms with van der Waals surface area (Å²) in [5.74, 6) is 0.106. The van der Waals surface area contributed by atoms with Gasteiger partial charge in [-0.25, -0.2) is 0 Å². The van der Waals surface area contributed by atoms with E-state index in [1.807, 2.05) is 0 Å². The van der Waals surface area contributed by atoms with Gasteiger partial charge in [-0.2, -0.15) is 0 Å². The fraction of sp³-hybridized carbons (Fsp3) is 0.750. The smallest absolute Gasteiger partial charge is 0.322 e. The van der Waals surface area contributed by atoms with Gasteiger partial charge in [-0.15, -0.1) is 23.5 Å². The Kier molecular flexibility index (Phi) is 4.60. The van der Waals surface area contributed by atoms with E-state index in [4.69, 9.17) is 0 Å². The van der Waals surface area contributed by atoms with Crippen molar-refractivity contribution in [3.05, 3.63) is 0 Å². The van der Waals surface area contributed by atoms with E-state index in [2.05, 4.69) is 9.47 Å². The van der Waals surface area contributed by atoms with Crippen molar-refractivity contribution in [3.8, 4) is 0 Å². The predicted molar refractivity (Wildman–Crippen MR) is 56.2 cm³/mol. The molecule has 0 aromatic carbocycles. The van der Waals surface area contributed by atoms with E-state index in [1.165, 1.54) is 14.2 Å². The van der Waals surface area contributed by atoms with Crippen LogP contribution in [-0.4, -0.2) is 42.2 Å². The van der Waals surface area contributed by atoms with Crippen LogP contribution in [0.5, 0.6) is 0 Å². The van der Waals surface area contributed by atoms with E-state index in [1.54, 1.807) is 23.5 Å². The van der Waals surface area contributed by atoms with Crippen LogP contribution >= 0.6 is 23.5 Å². The standard InChI is InChI=1S/C8H12O4S2/c1-11-6(9)5(7(10)12-2)8-13-3-4-14-8/h5,8H,3-4H2,1-2H3. The van der Waals surface area contributed by atoms with Crippen LogP contribution < -0.4 is 0 Å². The van der Waals surface area contributed by atoms with Crippen molar-refractivity contribution in [2.75, 3.05) is 25.7 Å². The van der Waals surface area contributed by atoms with Crippen molar-refractivity contribution >= 4 is 35.5 Å². The molecular weight excluding hydrogens is 224 g/mol. The first-order valence-electron chi connectivity index (χ1n) is 4.09. The van der Waals surface area contributed by atoms with Crippen molar-refractivity contribution in [1.82, 2.24) is 0 Å². The molecule has 0 aromatic heterocycles. The van der Waals surface area contributed by atoms with Crippen LogP contribution in [0.3, 0.4) is 0 Å². The zero-order chi connectivity index (χ0) is 10.6. The first-order valence-corrected chi connectivity index (χ1v) is 6.19. The van der Waals surface area contributed by atoms with Crippen LogP contribution in [0.1, 0.15) is 0 Å². The molecule has 0 aromatic rings. The number of hydrogen-bond donors (Lipinski definition) is 0. The molecular formula is C8H12O4S2. The van der Waals surface area contributed by atoms with E-state index in [0.29, 0.717) is 0 Å². The number of carbonyl (C=O) groups is 2.